The molecular weight excluding hydrogens is 1280 g/mol. The quantitative estimate of drug-likeness (QED) is 0.0222. The summed E-state index contributed by atoms with van der Waals surface area (Å²) in [5, 5.41) is 10.6. The average Bonchev–Trinajstić information content (AvgIpc) is 1.17. The van der Waals surface area contributed by atoms with Gasteiger partial charge in [-0.25, -0.2) is 9.13 Å². The van der Waals surface area contributed by atoms with Crippen molar-refractivity contribution in [3.05, 3.63) is 0 Å². The summed E-state index contributed by atoms with van der Waals surface area (Å²) >= 11 is 0. The van der Waals surface area contributed by atoms with Gasteiger partial charge in [-0.05, 0) is 49.4 Å². The number of esters is 4. The predicted octanol–water partition coefficient (Wildman–Crippen LogP) is 23.2. The Morgan fingerprint density at radius 3 is 0.724 bits per heavy atom. The average molecular weight is 1440 g/mol. The summed E-state index contributed by atoms with van der Waals surface area (Å²) in [5.41, 5.74) is 0. The molecule has 3 N–H and O–H groups in total. The van der Waals surface area contributed by atoms with Gasteiger partial charge in [0.2, 0.25) is 0 Å². The number of aliphatic hydroxyl groups excluding tert-OH is 1. The number of phosphoric ester groups is 2. The van der Waals surface area contributed by atoms with Crippen LogP contribution in [-0.4, -0.2) is 96.7 Å². The molecule has 0 aliphatic rings. The van der Waals surface area contributed by atoms with Gasteiger partial charge in [0.15, 0.2) is 12.2 Å². The minimum absolute atomic E-state index is 0.106. The number of hydrogen-bond donors (Lipinski definition) is 3. The van der Waals surface area contributed by atoms with Crippen LogP contribution in [0.1, 0.15) is 402 Å². The Kier molecular flexibility index (Phi) is 66.8. The van der Waals surface area contributed by atoms with Gasteiger partial charge in [-0.15, -0.1) is 0 Å². The van der Waals surface area contributed by atoms with Crippen molar-refractivity contribution in [3.8, 4) is 0 Å². The zero-order valence-corrected chi connectivity index (χ0v) is 66.2. The van der Waals surface area contributed by atoms with Crippen LogP contribution in [0, 0.1) is 23.7 Å². The van der Waals surface area contributed by atoms with Crippen LogP contribution in [0.3, 0.4) is 0 Å². The predicted molar refractivity (Wildman–Crippen MR) is 400 cm³/mol. The normalized spacial score (nSPS) is 14.3. The molecule has 0 spiro atoms. The standard InChI is InChI=1S/C79H154O17P2/c1-9-72(8)58-50-42-37-38-44-52-60-77(82)90-66-75(96-78(83)61-53-45-35-29-22-18-14-16-20-26-32-40-48-56-70(4)5)68-94-98(87,88)92-64-73(80)63-91-97(85,86)93-67-74(95-79(84)62-54-46-36-30-24-23-27-33-41-49-57-71(6)7)65-89-76(81)59-51-43-34-28-21-17-13-11-10-12-15-19-25-31-39-47-55-69(2)3/h69-75,80H,9-68H2,1-8H3,(H,85,86)(H,87,88)/t72?,73-,74-,75-/m1/s1. The lowest BCUT2D eigenvalue weighted by molar-refractivity contribution is -0.161. The number of rotatable bonds is 76. The molecule has 0 rings (SSSR count). The molecule has 582 valence electrons. The number of ether oxygens (including phenoxy) is 4. The zero-order chi connectivity index (χ0) is 72.4. The number of phosphoric acid groups is 2. The summed E-state index contributed by atoms with van der Waals surface area (Å²) in [6.45, 7) is 14.2. The smallest absolute Gasteiger partial charge is 0.462 e. The van der Waals surface area contributed by atoms with Crippen molar-refractivity contribution in [2.75, 3.05) is 39.6 Å². The number of aliphatic hydroxyl groups is 1. The molecule has 0 aromatic heterocycles. The SMILES string of the molecule is CCC(C)CCCCCCCCC(=O)OC[C@H](COP(=O)(O)OC[C@H](O)COP(=O)(O)OC[C@@H](COC(=O)CCCCCCCCCCCCCCCCCCC(C)C)OC(=O)CCCCCCCCCCCCC(C)C)OC(=O)CCCCCCCCCCCCCCCC(C)C. The molecular formula is C79H154O17P2. The highest BCUT2D eigenvalue weighted by Gasteiger charge is 2.30. The molecule has 0 heterocycles. The van der Waals surface area contributed by atoms with Crippen LogP contribution < -0.4 is 0 Å². The molecule has 0 fully saturated rings. The summed E-state index contributed by atoms with van der Waals surface area (Å²) in [7, 11) is -9.92. The van der Waals surface area contributed by atoms with Crippen LogP contribution in [0.25, 0.3) is 0 Å². The third-order valence-electron chi connectivity index (χ3n) is 18.7. The molecule has 0 saturated heterocycles. The molecule has 0 aliphatic heterocycles. The maximum Gasteiger partial charge on any atom is 0.472 e. The van der Waals surface area contributed by atoms with Crippen molar-refractivity contribution in [3.63, 3.8) is 0 Å². The van der Waals surface area contributed by atoms with Crippen molar-refractivity contribution < 1.29 is 80.2 Å². The minimum Gasteiger partial charge on any atom is -0.462 e. The van der Waals surface area contributed by atoms with Gasteiger partial charge >= 0.3 is 39.5 Å². The van der Waals surface area contributed by atoms with E-state index >= 15 is 0 Å². The Balaban J connectivity index is 5.22. The van der Waals surface area contributed by atoms with E-state index in [4.69, 9.17) is 37.0 Å². The van der Waals surface area contributed by atoms with Gasteiger partial charge in [0.25, 0.3) is 0 Å². The third kappa shape index (κ3) is 71.1. The Hall–Kier alpha value is -1.94. The van der Waals surface area contributed by atoms with E-state index in [0.717, 1.165) is 120 Å². The lowest BCUT2D eigenvalue weighted by atomic mass is 10.00. The Bertz CT molecular complexity index is 1920. The number of carbonyl (C=O) groups excluding carboxylic acids is 4. The van der Waals surface area contributed by atoms with Crippen LogP contribution in [0.5, 0.6) is 0 Å². The van der Waals surface area contributed by atoms with Crippen LogP contribution in [-0.2, 0) is 65.4 Å². The summed E-state index contributed by atoms with van der Waals surface area (Å²) in [6.07, 6.45) is 54.1. The first-order valence-corrected chi connectivity index (χ1v) is 43.7. The van der Waals surface area contributed by atoms with Crippen LogP contribution >= 0.6 is 15.6 Å². The van der Waals surface area contributed by atoms with Crippen molar-refractivity contribution in [2.24, 2.45) is 23.7 Å². The van der Waals surface area contributed by atoms with Crippen molar-refractivity contribution in [1.82, 2.24) is 0 Å². The largest absolute Gasteiger partial charge is 0.472 e. The maximum atomic E-state index is 13.1. The Morgan fingerprint density at radius 2 is 0.490 bits per heavy atom. The molecule has 98 heavy (non-hydrogen) atoms. The summed E-state index contributed by atoms with van der Waals surface area (Å²) in [4.78, 5) is 72.9. The highest BCUT2D eigenvalue weighted by Crippen LogP contribution is 2.45. The highest BCUT2D eigenvalue weighted by atomic mass is 31.2. The first kappa shape index (κ1) is 96.1. The molecule has 0 radical (unpaired) electrons. The van der Waals surface area contributed by atoms with E-state index < -0.39 is 97.5 Å². The lowest BCUT2D eigenvalue weighted by Crippen LogP contribution is -2.30. The molecule has 0 aromatic rings. The molecule has 3 unspecified atom stereocenters. The molecule has 0 aromatic carbocycles. The fourth-order valence-electron chi connectivity index (χ4n) is 12.0. The van der Waals surface area contributed by atoms with E-state index in [1.807, 2.05) is 0 Å². The van der Waals surface area contributed by atoms with Gasteiger partial charge in [-0.1, -0.05) is 351 Å². The second-order valence-corrected chi connectivity index (χ2v) is 33.0. The molecule has 0 bridgehead atoms. The molecule has 17 nitrogen and oxygen atoms in total. The van der Waals surface area contributed by atoms with Crippen molar-refractivity contribution >= 4 is 39.5 Å². The fourth-order valence-corrected chi connectivity index (χ4v) is 13.6. The van der Waals surface area contributed by atoms with Gasteiger partial charge in [0, 0.05) is 25.7 Å². The zero-order valence-electron chi connectivity index (χ0n) is 64.4. The minimum atomic E-state index is -4.96. The van der Waals surface area contributed by atoms with E-state index in [1.54, 1.807) is 0 Å². The fraction of sp³-hybridized carbons (Fsp3) is 0.949. The van der Waals surface area contributed by atoms with Crippen LogP contribution in [0.2, 0.25) is 0 Å². The van der Waals surface area contributed by atoms with Gasteiger partial charge in [-0.3, -0.25) is 37.3 Å². The Morgan fingerprint density at radius 1 is 0.286 bits per heavy atom. The molecule has 6 atom stereocenters. The number of unbranched alkanes of at least 4 members (excludes halogenated alkanes) is 41. The molecule has 19 heteroatoms. The molecule has 0 saturated carbocycles. The van der Waals surface area contributed by atoms with Gasteiger partial charge in [0.05, 0.1) is 26.4 Å². The van der Waals surface area contributed by atoms with E-state index in [9.17, 15) is 43.2 Å². The second kappa shape index (κ2) is 68.2. The van der Waals surface area contributed by atoms with Gasteiger partial charge in [-0.2, -0.15) is 0 Å². The molecule has 0 aliphatic carbocycles. The molecule has 0 amide bonds. The van der Waals surface area contributed by atoms with Gasteiger partial charge in [0.1, 0.15) is 19.3 Å². The lowest BCUT2D eigenvalue weighted by Gasteiger charge is -2.21. The van der Waals surface area contributed by atoms with E-state index in [2.05, 4.69) is 55.4 Å². The maximum absolute atomic E-state index is 13.1. The monoisotopic (exact) mass is 1440 g/mol. The van der Waals surface area contributed by atoms with Gasteiger partial charge < -0.3 is 33.8 Å². The van der Waals surface area contributed by atoms with Crippen molar-refractivity contribution in [2.45, 2.75) is 420 Å². The number of hydrogen-bond acceptors (Lipinski definition) is 15. The van der Waals surface area contributed by atoms with Crippen LogP contribution in [0.15, 0.2) is 0 Å². The van der Waals surface area contributed by atoms with E-state index in [-0.39, 0.29) is 25.7 Å². The van der Waals surface area contributed by atoms with Crippen molar-refractivity contribution in [1.29, 1.82) is 0 Å². The summed E-state index contributed by atoms with van der Waals surface area (Å²) in [6, 6.07) is 0. The summed E-state index contributed by atoms with van der Waals surface area (Å²) in [5.74, 6) is 0.964. The summed E-state index contributed by atoms with van der Waals surface area (Å²) < 4.78 is 68.6. The topological polar surface area (TPSA) is 237 Å². The van der Waals surface area contributed by atoms with E-state index in [1.165, 1.54) is 199 Å². The van der Waals surface area contributed by atoms with E-state index in [0.29, 0.717) is 25.7 Å². The first-order chi connectivity index (χ1) is 47.1. The first-order valence-electron chi connectivity index (χ1n) is 40.7. The third-order valence-corrected chi connectivity index (χ3v) is 20.6. The van der Waals surface area contributed by atoms with Crippen LogP contribution in [0.4, 0.5) is 0 Å². The number of carbonyl (C=O) groups is 4. The second-order valence-electron chi connectivity index (χ2n) is 30.1. The highest BCUT2D eigenvalue weighted by molar-refractivity contribution is 7.47. The Labute approximate surface area is 600 Å².